The van der Waals surface area contributed by atoms with Crippen molar-refractivity contribution in [3.63, 3.8) is 0 Å². The summed E-state index contributed by atoms with van der Waals surface area (Å²) >= 11 is 0. The predicted octanol–water partition coefficient (Wildman–Crippen LogP) is 14.2. The summed E-state index contributed by atoms with van der Waals surface area (Å²) in [5.41, 5.74) is 0. The molecule has 0 amide bonds. The van der Waals surface area contributed by atoms with Crippen molar-refractivity contribution >= 4 is 0 Å². The van der Waals surface area contributed by atoms with Gasteiger partial charge in [-0.15, -0.1) is 0 Å². The highest BCUT2D eigenvalue weighted by Gasteiger charge is 2.05. The van der Waals surface area contributed by atoms with E-state index in [1.54, 1.807) is 0 Å². The molecule has 0 N–H and O–H groups in total. The molecule has 0 heteroatoms. The lowest BCUT2D eigenvalue weighted by Gasteiger charge is -2.13. The maximum atomic E-state index is 2.39. The van der Waals surface area contributed by atoms with Crippen LogP contribution in [-0.2, 0) is 0 Å². The smallest absolute Gasteiger partial charge is 0.0443 e. The molecule has 0 aromatic carbocycles. The quantitative estimate of drug-likeness (QED) is 0.334. The van der Waals surface area contributed by atoms with Gasteiger partial charge in [0.2, 0.25) is 0 Å². The standard InChI is InChI=1S/2C9H18.6C2H6.2CH4/c2*1-9-7-5-3-2-4-6-8-9;6*1-2;;/h2*9H,2-8H2,1H3;6*1-2H3;2*1H4. The zero-order valence-electron chi connectivity index (χ0n) is 25.1. The van der Waals surface area contributed by atoms with Crippen molar-refractivity contribution in [1.29, 1.82) is 0 Å². The van der Waals surface area contributed by atoms with Crippen molar-refractivity contribution in [2.45, 2.75) is 202 Å². The molecule has 2 aliphatic carbocycles. The maximum Gasteiger partial charge on any atom is -0.0443 e. The van der Waals surface area contributed by atoms with Crippen LogP contribution < -0.4 is 0 Å². The molecule has 2 rings (SSSR count). The highest BCUT2D eigenvalue weighted by molar-refractivity contribution is 4.59. The van der Waals surface area contributed by atoms with Crippen molar-refractivity contribution in [2.75, 3.05) is 0 Å². The molecule has 2 saturated carbocycles. The largest absolute Gasteiger partial charge is 0.0776 e. The molecule has 0 radical (unpaired) electrons. The summed E-state index contributed by atoms with van der Waals surface area (Å²) in [6.07, 6.45) is 20.8. The average molecular weight is 465 g/mol. The van der Waals surface area contributed by atoms with Crippen molar-refractivity contribution in [3.05, 3.63) is 0 Å². The molecule has 0 aromatic rings. The zero-order valence-corrected chi connectivity index (χ0v) is 25.1. The second-order valence-corrected chi connectivity index (χ2v) is 6.90. The fourth-order valence-electron chi connectivity index (χ4n) is 3.32. The number of rotatable bonds is 0. The summed E-state index contributed by atoms with van der Waals surface area (Å²) in [5.74, 6) is 2.04. The lowest BCUT2D eigenvalue weighted by atomic mass is 9.93. The molecule has 0 nitrogen and oxygen atoms in total. The summed E-state index contributed by atoms with van der Waals surface area (Å²) in [7, 11) is 0. The molecule has 0 atom stereocenters. The summed E-state index contributed by atoms with van der Waals surface area (Å²) < 4.78 is 0. The van der Waals surface area contributed by atoms with Gasteiger partial charge in [-0.3, -0.25) is 0 Å². The first-order chi connectivity index (χ1) is 14.8. The lowest BCUT2D eigenvalue weighted by molar-refractivity contribution is 0.404. The van der Waals surface area contributed by atoms with Crippen LogP contribution in [0.25, 0.3) is 0 Å². The van der Waals surface area contributed by atoms with Gasteiger partial charge in [0.1, 0.15) is 0 Å². The summed E-state index contributed by atoms with van der Waals surface area (Å²) in [4.78, 5) is 0. The van der Waals surface area contributed by atoms with Crippen LogP contribution in [0.2, 0.25) is 0 Å². The molecule has 0 unspecified atom stereocenters. The first kappa shape index (κ1) is 53.4. The minimum Gasteiger partial charge on any atom is -0.0776 e. The molecule has 0 spiro atoms. The molecular weight excluding hydrogens is 384 g/mol. The van der Waals surface area contributed by atoms with Crippen LogP contribution in [0.3, 0.4) is 0 Å². The minimum atomic E-state index is 0. The van der Waals surface area contributed by atoms with Gasteiger partial charge in [-0.1, -0.05) is 202 Å². The maximum absolute atomic E-state index is 2.39. The average Bonchev–Trinajstić information content (AvgIpc) is 2.82. The summed E-state index contributed by atoms with van der Waals surface area (Å²) in [5, 5.41) is 0. The van der Waals surface area contributed by atoms with E-state index in [4.69, 9.17) is 0 Å². The topological polar surface area (TPSA) is 0 Å². The van der Waals surface area contributed by atoms with Gasteiger partial charge in [-0.2, -0.15) is 0 Å². The van der Waals surface area contributed by atoms with E-state index in [1.165, 1.54) is 89.9 Å². The lowest BCUT2D eigenvalue weighted by Crippen LogP contribution is -1.97. The monoisotopic (exact) mass is 465 g/mol. The van der Waals surface area contributed by atoms with E-state index in [1.807, 2.05) is 83.1 Å². The van der Waals surface area contributed by atoms with E-state index < -0.39 is 0 Å². The Kier molecular flexibility index (Phi) is 116. The molecule has 208 valence electrons. The van der Waals surface area contributed by atoms with Crippen LogP contribution in [0.1, 0.15) is 202 Å². The molecule has 0 heterocycles. The van der Waals surface area contributed by atoms with Gasteiger partial charge in [0, 0.05) is 0 Å². The first-order valence-corrected chi connectivity index (χ1v) is 14.8. The first-order valence-electron chi connectivity index (χ1n) is 14.8. The normalized spacial score (nSPS) is 15.2. The van der Waals surface area contributed by atoms with E-state index in [-0.39, 0.29) is 14.9 Å². The van der Waals surface area contributed by atoms with Crippen LogP contribution in [0, 0.1) is 11.8 Å². The third kappa shape index (κ3) is 63.1. The molecule has 2 aliphatic rings. The van der Waals surface area contributed by atoms with Gasteiger partial charge < -0.3 is 0 Å². The highest BCUT2D eigenvalue weighted by atomic mass is 14.1. The molecule has 0 aliphatic heterocycles. The Morgan fingerprint density at radius 2 is 0.406 bits per heavy atom. The second-order valence-electron chi connectivity index (χ2n) is 6.90. The van der Waals surface area contributed by atoms with Crippen molar-refractivity contribution in [1.82, 2.24) is 0 Å². The van der Waals surface area contributed by atoms with Gasteiger partial charge in [0.05, 0.1) is 0 Å². The van der Waals surface area contributed by atoms with E-state index in [2.05, 4.69) is 13.8 Å². The van der Waals surface area contributed by atoms with Crippen LogP contribution in [0.4, 0.5) is 0 Å². The van der Waals surface area contributed by atoms with Crippen molar-refractivity contribution in [3.8, 4) is 0 Å². The molecule has 0 bridgehead atoms. The van der Waals surface area contributed by atoms with E-state index >= 15 is 0 Å². The fraction of sp³-hybridized carbons (Fsp3) is 1.00. The van der Waals surface area contributed by atoms with Gasteiger partial charge in [-0.25, -0.2) is 0 Å². The van der Waals surface area contributed by atoms with Crippen molar-refractivity contribution < 1.29 is 0 Å². The van der Waals surface area contributed by atoms with Gasteiger partial charge >= 0.3 is 0 Å². The molecule has 0 saturated heterocycles. The fourth-order valence-corrected chi connectivity index (χ4v) is 3.32. The molecular formula is C32H80. The van der Waals surface area contributed by atoms with E-state index in [0.29, 0.717) is 0 Å². The Morgan fingerprint density at radius 1 is 0.281 bits per heavy atom. The number of hydrogen-bond acceptors (Lipinski definition) is 0. The Labute approximate surface area is 213 Å². The van der Waals surface area contributed by atoms with Crippen LogP contribution >= 0.6 is 0 Å². The zero-order chi connectivity index (χ0) is 25.1. The van der Waals surface area contributed by atoms with E-state index in [0.717, 1.165) is 11.8 Å². The van der Waals surface area contributed by atoms with Crippen LogP contribution in [-0.4, -0.2) is 0 Å². The summed E-state index contributed by atoms with van der Waals surface area (Å²) in [6, 6.07) is 0. The Hall–Kier alpha value is 0. The second kappa shape index (κ2) is 69.8. The molecule has 32 heavy (non-hydrogen) atoms. The summed E-state index contributed by atoms with van der Waals surface area (Å²) in [6.45, 7) is 28.8. The number of hydrogen-bond donors (Lipinski definition) is 0. The third-order valence-corrected chi connectivity index (χ3v) is 4.79. The molecule has 2 fully saturated rings. The van der Waals surface area contributed by atoms with Gasteiger partial charge in [-0.05, 0) is 11.8 Å². The van der Waals surface area contributed by atoms with Gasteiger partial charge in [0.15, 0.2) is 0 Å². The third-order valence-electron chi connectivity index (χ3n) is 4.79. The van der Waals surface area contributed by atoms with Gasteiger partial charge in [0.25, 0.3) is 0 Å². The highest BCUT2D eigenvalue weighted by Crippen LogP contribution is 2.21. The Balaban J connectivity index is -0.0000000393. The molecule has 0 aromatic heterocycles. The Morgan fingerprint density at radius 3 is 0.562 bits per heavy atom. The van der Waals surface area contributed by atoms with Crippen molar-refractivity contribution in [2.24, 2.45) is 11.8 Å². The van der Waals surface area contributed by atoms with E-state index in [9.17, 15) is 0 Å². The van der Waals surface area contributed by atoms with Crippen LogP contribution in [0.15, 0.2) is 0 Å². The Bertz CT molecular complexity index is 137. The predicted molar refractivity (Wildman–Crippen MR) is 165 cm³/mol. The SMILES string of the molecule is C.C.CC.CC.CC.CC.CC.CC.CC1CCCCCCC1.CC1CCCCCCC1. The van der Waals surface area contributed by atoms with Crippen LogP contribution in [0.5, 0.6) is 0 Å². The minimum absolute atomic E-state index is 0.